The standard InChI is InChI=1S/C18H25N3O2S/c1-4-12-21-17(10-11-19-21)24(22,23)20-13-16(18(2,3)14-20)15-8-6-5-7-9-15/h5-11,16H,4,12-14H2,1-3H3/t16-/m1/s1. The number of sulfonamides is 1. The van der Waals surface area contributed by atoms with Crippen LogP contribution in [0.1, 0.15) is 38.7 Å². The molecule has 0 spiro atoms. The Bertz CT molecular complexity index is 797. The number of aromatic nitrogens is 2. The molecule has 3 rings (SSSR count). The molecular weight excluding hydrogens is 322 g/mol. The molecule has 0 N–H and O–H groups in total. The van der Waals surface area contributed by atoms with Crippen LogP contribution in [-0.2, 0) is 16.6 Å². The van der Waals surface area contributed by atoms with E-state index in [-0.39, 0.29) is 11.3 Å². The van der Waals surface area contributed by atoms with Crippen molar-refractivity contribution in [3.05, 3.63) is 48.2 Å². The topological polar surface area (TPSA) is 55.2 Å². The predicted molar refractivity (Wildman–Crippen MR) is 94.2 cm³/mol. The smallest absolute Gasteiger partial charge is 0.253 e. The van der Waals surface area contributed by atoms with Gasteiger partial charge >= 0.3 is 0 Å². The van der Waals surface area contributed by atoms with E-state index in [4.69, 9.17) is 0 Å². The Morgan fingerprint density at radius 3 is 2.58 bits per heavy atom. The van der Waals surface area contributed by atoms with Gasteiger partial charge in [-0.05, 0) is 23.5 Å². The highest BCUT2D eigenvalue weighted by Gasteiger charge is 2.45. The van der Waals surface area contributed by atoms with Crippen molar-refractivity contribution in [3.63, 3.8) is 0 Å². The highest BCUT2D eigenvalue weighted by molar-refractivity contribution is 7.89. The van der Waals surface area contributed by atoms with Gasteiger partial charge in [-0.25, -0.2) is 8.42 Å². The molecule has 0 unspecified atom stereocenters. The molecule has 1 fully saturated rings. The van der Waals surface area contributed by atoms with Gasteiger partial charge in [-0.15, -0.1) is 0 Å². The second-order valence-corrected chi connectivity index (χ2v) is 9.03. The van der Waals surface area contributed by atoms with Crippen molar-refractivity contribution < 1.29 is 8.42 Å². The first kappa shape index (κ1) is 17.2. The Balaban J connectivity index is 1.92. The second-order valence-electron chi connectivity index (χ2n) is 7.14. The molecule has 5 nitrogen and oxygen atoms in total. The van der Waals surface area contributed by atoms with Gasteiger partial charge < -0.3 is 0 Å². The normalized spacial score (nSPS) is 21.2. The maximum absolute atomic E-state index is 13.1. The average molecular weight is 347 g/mol. The van der Waals surface area contributed by atoms with Crippen molar-refractivity contribution in [1.82, 2.24) is 14.1 Å². The van der Waals surface area contributed by atoms with Crippen LogP contribution in [0.4, 0.5) is 0 Å². The number of benzene rings is 1. The summed E-state index contributed by atoms with van der Waals surface area (Å²) >= 11 is 0. The van der Waals surface area contributed by atoms with Gasteiger partial charge in [0.25, 0.3) is 10.0 Å². The summed E-state index contributed by atoms with van der Waals surface area (Å²) in [6.07, 6.45) is 2.42. The van der Waals surface area contributed by atoms with Gasteiger partial charge in [0.15, 0.2) is 5.03 Å². The predicted octanol–water partition coefficient (Wildman–Crippen LogP) is 3.11. The number of hydrogen-bond donors (Lipinski definition) is 0. The SMILES string of the molecule is CCCn1nccc1S(=O)(=O)N1C[C@H](c2ccccc2)C(C)(C)C1. The molecule has 1 aromatic heterocycles. The van der Waals surface area contributed by atoms with Crippen molar-refractivity contribution in [3.8, 4) is 0 Å². The zero-order valence-electron chi connectivity index (χ0n) is 14.5. The lowest BCUT2D eigenvalue weighted by Gasteiger charge is -2.25. The van der Waals surface area contributed by atoms with Crippen LogP contribution in [0.15, 0.2) is 47.6 Å². The van der Waals surface area contributed by atoms with Crippen LogP contribution in [0.2, 0.25) is 0 Å². The van der Waals surface area contributed by atoms with Crippen molar-refractivity contribution in [1.29, 1.82) is 0 Å². The molecule has 2 aromatic rings. The van der Waals surface area contributed by atoms with E-state index >= 15 is 0 Å². The molecule has 1 aliphatic rings. The highest BCUT2D eigenvalue weighted by atomic mass is 32.2. The number of nitrogens with zero attached hydrogens (tertiary/aromatic N) is 3. The summed E-state index contributed by atoms with van der Waals surface area (Å²) in [5.74, 6) is 0.191. The minimum Gasteiger partial charge on any atom is -0.253 e. The van der Waals surface area contributed by atoms with Gasteiger partial charge in [0.05, 0.1) is 6.20 Å². The lowest BCUT2D eigenvalue weighted by molar-refractivity contribution is 0.346. The van der Waals surface area contributed by atoms with Crippen molar-refractivity contribution in [2.45, 2.75) is 44.7 Å². The lowest BCUT2D eigenvalue weighted by Crippen LogP contribution is -2.32. The molecule has 1 saturated heterocycles. The Morgan fingerprint density at radius 2 is 1.92 bits per heavy atom. The Labute approximate surface area is 144 Å². The minimum atomic E-state index is -3.53. The molecule has 0 bridgehead atoms. The number of aryl methyl sites for hydroxylation is 1. The molecule has 6 heteroatoms. The van der Waals surface area contributed by atoms with E-state index in [1.807, 2.05) is 25.1 Å². The summed E-state index contributed by atoms with van der Waals surface area (Å²) in [7, 11) is -3.53. The van der Waals surface area contributed by atoms with E-state index in [1.165, 1.54) is 5.56 Å². The van der Waals surface area contributed by atoms with E-state index in [9.17, 15) is 8.42 Å². The van der Waals surface area contributed by atoms with E-state index < -0.39 is 10.0 Å². The van der Waals surface area contributed by atoms with Crippen LogP contribution in [0.3, 0.4) is 0 Å². The summed E-state index contributed by atoms with van der Waals surface area (Å²) in [4.78, 5) is 0. The lowest BCUT2D eigenvalue weighted by atomic mass is 9.78. The largest absolute Gasteiger partial charge is 0.260 e. The first-order valence-corrected chi connectivity index (χ1v) is 9.87. The molecule has 0 saturated carbocycles. The monoisotopic (exact) mass is 347 g/mol. The fourth-order valence-electron chi connectivity index (χ4n) is 3.56. The average Bonchev–Trinajstić information content (AvgIpc) is 3.13. The molecule has 130 valence electrons. The van der Waals surface area contributed by atoms with Crippen LogP contribution in [0.25, 0.3) is 0 Å². The van der Waals surface area contributed by atoms with Gasteiger partial charge in [0.1, 0.15) is 0 Å². The molecule has 1 aromatic carbocycles. The Hall–Kier alpha value is -1.66. The third-order valence-electron chi connectivity index (χ3n) is 4.83. The molecule has 0 aliphatic carbocycles. The third-order valence-corrected chi connectivity index (χ3v) is 6.67. The first-order chi connectivity index (χ1) is 11.4. The molecular formula is C18H25N3O2S. The van der Waals surface area contributed by atoms with Gasteiger partial charge in [-0.2, -0.15) is 9.40 Å². The second kappa shape index (κ2) is 6.33. The summed E-state index contributed by atoms with van der Waals surface area (Å²) in [6.45, 7) is 7.94. The van der Waals surface area contributed by atoms with Crippen molar-refractivity contribution in [2.75, 3.05) is 13.1 Å². The van der Waals surface area contributed by atoms with E-state index in [2.05, 4.69) is 31.1 Å². The third kappa shape index (κ3) is 3.00. The van der Waals surface area contributed by atoms with Crippen molar-refractivity contribution >= 4 is 10.0 Å². The Morgan fingerprint density at radius 1 is 1.21 bits per heavy atom. The minimum absolute atomic E-state index is 0.107. The van der Waals surface area contributed by atoms with Crippen LogP contribution in [0, 0.1) is 5.41 Å². The molecule has 0 radical (unpaired) electrons. The van der Waals surface area contributed by atoms with E-state index in [0.29, 0.717) is 24.7 Å². The molecule has 1 aliphatic heterocycles. The fourth-order valence-corrected chi connectivity index (χ4v) is 5.31. The Kier molecular flexibility index (Phi) is 4.53. The van der Waals surface area contributed by atoms with Gasteiger partial charge in [-0.3, -0.25) is 4.68 Å². The molecule has 2 heterocycles. The van der Waals surface area contributed by atoms with Gasteiger partial charge in [0.2, 0.25) is 0 Å². The molecule has 24 heavy (non-hydrogen) atoms. The summed E-state index contributed by atoms with van der Waals surface area (Å²) in [5, 5.41) is 4.47. The zero-order valence-corrected chi connectivity index (χ0v) is 15.3. The molecule has 1 atom stereocenters. The van der Waals surface area contributed by atoms with Gasteiger partial charge in [0, 0.05) is 25.6 Å². The zero-order chi connectivity index (χ0) is 17.4. The van der Waals surface area contributed by atoms with E-state index in [1.54, 1.807) is 21.3 Å². The maximum Gasteiger partial charge on any atom is 0.260 e. The number of rotatable bonds is 5. The maximum atomic E-state index is 13.1. The summed E-state index contributed by atoms with van der Waals surface area (Å²) in [6, 6.07) is 11.8. The first-order valence-electron chi connectivity index (χ1n) is 8.43. The molecule has 0 amide bonds. The highest BCUT2D eigenvalue weighted by Crippen LogP contribution is 2.44. The number of hydrogen-bond acceptors (Lipinski definition) is 3. The van der Waals surface area contributed by atoms with E-state index in [0.717, 1.165) is 6.42 Å². The van der Waals surface area contributed by atoms with Crippen LogP contribution in [-0.4, -0.2) is 35.6 Å². The quantitative estimate of drug-likeness (QED) is 0.835. The summed E-state index contributed by atoms with van der Waals surface area (Å²) < 4.78 is 29.5. The van der Waals surface area contributed by atoms with Gasteiger partial charge in [-0.1, -0.05) is 51.1 Å². The van der Waals surface area contributed by atoms with Crippen LogP contribution < -0.4 is 0 Å². The fraction of sp³-hybridized carbons (Fsp3) is 0.500. The van der Waals surface area contributed by atoms with Crippen molar-refractivity contribution in [2.24, 2.45) is 5.41 Å². The van der Waals surface area contributed by atoms with Crippen LogP contribution in [0.5, 0.6) is 0 Å². The summed E-state index contributed by atoms with van der Waals surface area (Å²) in [5.41, 5.74) is 1.09. The van der Waals surface area contributed by atoms with Crippen LogP contribution >= 0.6 is 0 Å².